The Labute approximate surface area is 178 Å². The van der Waals surface area contributed by atoms with Crippen LogP contribution < -0.4 is 21.3 Å². The summed E-state index contributed by atoms with van der Waals surface area (Å²) in [6.45, 7) is 4.18. The molecule has 3 rings (SSSR count). The van der Waals surface area contributed by atoms with Gasteiger partial charge in [0.05, 0.1) is 6.10 Å². The van der Waals surface area contributed by atoms with Crippen molar-refractivity contribution in [3.63, 3.8) is 0 Å². The highest BCUT2D eigenvalue weighted by Gasteiger charge is 2.31. The summed E-state index contributed by atoms with van der Waals surface area (Å²) in [5, 5.41) is 5.61. The van der Waals surface area contributed by atoms with Crippen LogP contribution in [-0.2, 0) is 14.3 Å². The average molecular weight is 433 g/mol. The SMILES string of the molecule is CC(NC(=O)[C@@H]1CC[C@H](CN)O1)C(=O)Nc1cccc(N2CCCC2)c1.Cl.Cl. The molecule has 1 aromatic rings. The molecule has 1 unspecified atom stereocenters. The predicted molar refractivity (Wildman–Crippen MR) is 116 cm³/mol. The number of carbonyl (C=O) groups excluding carboxylic acids is 2. The molecule has 2 aliphatic heterocycles. The summed E-state index contributed by atoms with van der Waals surface area (Å²) >= 11 is 0. The number of nitrogens with one attached hydrogen (secondary N) is 2. The number of nitrogens with zero attached hydrogens (tertiary/aromatic N) is 1. The lowest BCUT2D eigenvalue weighted by Gasteiger charge is -2.20. The number of anilines is 2. The standard InChI is InChI=1S/C19H28N4O3.2ClH/c1-13(21-19(25)17-8-7-16(12-20)26-17)18(24)22-14-5-4-6-15(11-14)23-9-2-3-10-23;;/h4-6,11,13,16-17H,2-3,7-10,12,20H2,1H3,(H,21,25)(H,22,24);2*1H/t13?,16-,17+;;/m1../s1. The highest BCUT2D eigenvalue weighted by molar-refractivity contribution is 5.97. The maximum absolute atomic E-state index is 12.4. The van der Waals surface area contributed by atoms with Crippen LogP contribution in [0.15, 0.2) is 24.3 Å². The van der Waals surface area contributed by atoms with Gasteiger partial charge in [0.1, 0.15) is 12.1 Å². The molecule has 2 fully saturated rings. The lowest BCUT2D eigenvalue weighted by Crippen LogP contribution is -2.46. The molecule has 0 saturated carbocycles. The van der Waals surface area contributed by atoms with E-state index in [1.165, 1.54) is 12.8 Å². The normalized spacial score (nSPS) is 22.0. The third kappa shape index (κ3) is 6.24. The summed E-state index contributed by atoms with van der Waals surface area (Å²) in [6, 6.07) is 7.18. The summed E-state index contributed by atoms with van der Waals surface area (Å²) in [7, 11) is 0. The van der Waals surface area contributed by atoms with E-state index in [-0.39, 0.29) is 42.7 Å². The van der Waals surface area contributed by atoms with Crippen LogP contribution in [0.25, 0.3) is 0 Å². The van der Waals surface area contributed by atoms with Crippen molar-refractivity contribution in [1.82, 2.24) is 5.32 Å². The van der Waals surface area contributed by atoms with Crippen LogP contribution in [0.2, 0.25) is 0 Å². The third-order valence-electron chi connectivity index (χ3n) is 5.00. The lowest BCUT2D eigenvalue weighted by atomic mass is 10.1. The second-order valence-corrected chi connectivity index (χ2v) is 7.02. The van der Waals surface area contributed by atoms with Crippen molar-refractivity contribution in [3.05, 3.63) is 24.3 Å². The van der Waals surface area contributed by atoms with E-state index in [1.807, 2.05) is 18.2 Å². The van der Waals surface area contributed by atoms with Gasteiger partial charge >= 0.3 is 0 Å². The Kier molecular flexibility index (Phi) is 10.0. The van der Waals surface area contributed by atoms with Gasteiger partial charge in [0.25, 0.3) is 0 Å². The minimum absolute atomic E-state index is 0. The highest BCUT2D eigenvalue weighted by atomic mass is 35.5. The molecule has 2 amide bonds. The van der Waals surface area contributed by atoms with Gasteiger partial charge in [0.15, 0.2) is 0 Å². The smallest absolute Gasteiger partial charge is 0.249 e. The van der Waals surface area contributed by atoms with Gasteiger partial charge in [-0.15, -0.1) is 24.8 Å². The maximum atomic E-state index is 12.4. The fourth-order valence-electron chi connectivity index (χ4n) is 3.45. The van der Waals surface area contributed by atoms with Gasteiger partial charge in [-0.2, -0.15) is 0 Å². The van der Waals surface area contributed by atoms with Crippen molar-refractivity contribution < 1.29 is 14.3 Å². The molecule has 158 valence electrons. The molecule has 0 aliphatic carbocycles. The average Bonchev–Trinajstić information content (AvgIpc) is 3.33. The molecule has 2 heterocycles. The van der Waals surface area contributed by atoms with E-state index >= 15 is 0 Å². The van der Waals surface area contributed by atoms with Crippen LogP contribution in [0.1, 0.15) is 32.6 Å². The largest absolute Gasteiger partial charge is 0.371 e. The number of hydrogen-bond acceptors (Lipinski definition) is 5. The molecule has 2 saturated heterocycles. The van der Waals surface area contributed by atoms with Crippen molar-refractivity contribution in [3.8, 4) is 0 Å². The van der Waals surface area contributed by atoms with E-state index < -0.39 is 12.1 Å². The Morgan fingerprint density at radius 1 is 1.25 bits per heavy atom. The number of nitrogens with two attached hydrogens (primary N) is 1. The zero-order chi connectivity index (χ0) is 18.5. The van der Waals surface area contributed by atoms with Crippen LogP contribution in [0.3, 0.4) is 0 Å². The van der Waals surface area contributed by atoms with E-state index in [1.54, 1.807) is 6.92 Å². The second kappa shape index (κ2) is 11.5. The second-order valence-electron chi connectivity index (χ2n) is 7.02. The molecule has 3 atom stereocenters. The third-order valence-corrected chi connectivity index (χ3v) is 5.00. The number of carbonyl (C=O) groups is 2. The first kappa shape index (κ1) is 24.5. The van der Waals surface area contributed by atoms with Crippen LogP contribution in [0.5, 0.6) is 0 Å². The highest BCUT2D eigenvalue weighted by Crippen LogP contribution is 2.23. The van der Waals surface area contributed by atoms with Crippen molar-refractivity contribution in [2.45, 2.75) is 50.9 Å². The Morgan fingerprint density at radius 3 is 2.61 bits per heavy atom. The van der Waals surface area contributed by atoms with E-state index in [9.17, 15) is 9.59 Å². The molecule has 0 aromatic heterocycles. The monoisotopic (exact) mass is 432 g/mol. The zero-order valence-corrected chi connectivity index (χ0v) is 17.7. The van der Waals surface area contributed by atoms with Gasteiger partial charge < -0.3 is 26.0 Å². The summed E-state index contributed by atoms with van der Waals surface area (Å²) in [5.41, 5.74) is 7.42. The number of rotatable bonds is 6. The molecule has 7 nitrogen and oxygen atoms in total. The number of hydrogen-bond donors (Lipinski definition) is 3. The van der Waals surface area contributed by atoms with Gasteiger partial charge in [-0.1, -0.05) is 6.07 Å². The van der Waals surface area contributed by atoms with Crippen molar-refractivity contribution in [2.24, 2.45) is 5.73 Å². The van der Waals surface area contributed by atoms with Gasteiger partial charge in [-0.05, 0) is 50.8 Å². The first-order valence-corrected chi connectivity index (χ1v) is 9.38. The van der Waals surface area contributed by atoms with E-state index in [2.05, 4.69) is 21.6 Å². The fraction of sp³-hybridized carbons (Fsp3) is 0.579. The maximum Gasteiger partial charge on any atom is 0.249 e. The summed E-state index contributed by atoms with van der Waals surface area (Å²) in [4.78, 5) is 27.0. The molecular weight excluding hydrogens is 403 g/mol. The van der Waals surface area contributed by atoms with Crippen molar-refractivity contribution in [1.29, 1.82) is 0 Å². The van der Waals surface area contributed by atoms with E-state index in [0.717, 1.165) is 30.9 Å². The first-order valence-electron chi connectivity index (χ1n) is 9.38. The molecule has 1 aromatic carbocycles. The Bertz CT molecular complexity index is 656. The number of benzene rings is 1. The summed E-state index contributed by atoms with van der Waals surface area (Å²) in [6.07, 6.45) is 3.24. The van der Waals surface area contributed by atoms with Gasteiger partial charge in [-0.25, -0.2) is 0 Å². The lowest BCUT2D eigenvalue weighted by molar-refractivity contribution is -0.134. The van der Waals surface area contributed by atoms with Crippen molar-refractivity contribution in [2.75, 3.05) is 29.9 Å². The molecule has 0 spiro atoms. The minimum Gasteiger partial charge on any atom is -0.371 e. The summed E-state index contributed by atoms with van der Waals surface area (Å²) < 4.78 is 5.57. The Morgan fingerprint density at radius 2 is 1.96 bits per heavy atom. The van der Waals surface area contributed by atoms with E-state index in [0.29, 0.717) is 13.0 Å². The molecule has 4 N–H and O–H groups in total. The Hall–Kier alpha value is -1.54. The number of amides is 2. The molecular formula is C19H30Cl2N4O3. The minimum atomic E-state index is -0.640. The topological polar surface area (TPSA) is 96.7 Å². The fourth-order valence-corrected chi connectivity index (χ4v) is 3.45. The summed E-state index contributed by atoms with van der Waals surface area (Å²) in [5.74, 6) is -0.500. The molecule has 28 heavy (non-hydrogen) atoms. The first-order chi connectivity index (χ1) is 12.6. The predicted octanol–water partition coefficient (Wildman–Crippen LogP) is 2.08. The Balaban J connectivity index is 0.00000196. The number of ether oxygens (including phenoxy) is 1. The zero-order valence-electron chi connectivity index (χ0n) is 16.1. The molecule has 9 heteroatoms. The van der Waals surface area contributed by atoms with E-state index in [4.69, 9.17) is 10.5 Å². The molecule has 0 radical (unpaired) electrons. The van der Waals surface area contributed by atoms with Gasteiger partial charge in [-0.3, -0.25) is 9.59 Å². The van der Waals surface area contributed by atoms with Crippen LogP contribution in [0, 0.1) is 0 Å². The van der Waals surface area contributed by atoms with Gasteiger partial charge in [0.2, 0.25) is 11.8 Å². The quantitative estimate of drug-likeness (QED) is 0.639. The number of halogens is 2. The van der Waals surface area contributed by atoms with Crippen LogP contribution in [-0.4, -0.2) is 49.7 Å². The molecule has 2 aliphatic rings. The van der Waals surface area contributed by atoms with Crippen LogP contribution in [0.4, 0.5) is 11.4 Å². The van der Waals surface area contributed by atoms with Crippen LogP contribution >= 0.6 is 24.8 Å². The molecule has 0 bridgehead atoms. The van der Waals surface area contributed by atoms with Crippen molar-refractivity contribution >= 4 is 48.0 Å². The van der Waals surface area contributed by atoms with Gasteiger partial charge in [0, 0.05) is 31.0 Å².